The van der Waals surface area contributed by atoms with E-state index in [-0.39, 0.29) is 31.4 Å². The lowest BCUT2D eigenvalue weighted by Crippen LogP contribution is -2.49. The van der Waals surface area contributed by atoms with Crippen molar-refractivity contribution < 1.29 is 14.4 Å². The number of benzene rings is 2. The van der Waals surface area contributed by atoms with E-state index in [0.29, 0.717) is 12.8 Å². The molecule has 1 saturated heterocycles. The van der Waals surface area contributed by atoms with E-state index in [0.717, 1.165) is 40.5 Å². The highest BCUT2D eigenvalue weighted by Gasteiger charge is 2.51. The summed E-state index contributed by atoms with van der Waals surface area (Å²) >= 11 is 0. The summed E-state index contributed by atoms with van der Waals surface area (Å²) in [7, 11) is 0. The zero-order valence-corrected chi connectivity index (χ0v) is 17.5. The van der Waals surface area contributed by atoms with Crippen molar-refractivity contribution in [2.45, 2.75) is 43.7 Å². The van der Waals surface area contributed by atoms with Crippen LogP contribution in [-0.4, -0.2) is 41.4 Å². The van der Waals surface area contributed by atoms with Crippen LogP contribution in [0.15, 0.2) is 42.5 Å². The molecular weight excluding hydrogens is 404 g/mol. The van der Waals surface area contributed by atoms with Gasteiger partial charge >= 0.3 is 6.03 Å². The van der Waals surface area contributed by atoms with Crippen LogP contribution in [0.2, 0.25) is 0 Å². The van der Waals surface area contributed by atoms with Crippen molar-refractivity contribution >= 4 is 41.0 Å². The van der Waals surface area contributed by atoms with E-state index < -0.39 is 23.5 Å². The van der Waals surface area contributed by atoms with Crippen LogP contribution in [0.25, 0.3) is 10.8 Å². The van der Waals surface area contributed by atoms with Gasteiger partial charge in [0.1, 0.15) is 12.1 Å². The van der Waals surface area contributed by atoms with Crippen molar-refractivity contribution in [1.82, 2.24) is 15.5 Å². The third kappa shape index (κ3) is 4.13. The second-order valence-corrected chi connectivity index (χ2v) is 7.93. The highest BCUT2D eigenvalue weighted by atomic mass is 35.5. The summed E-state index contributed by atoms with van der Waals surface area (Å²) in [6, 6.07) is 13.0. The molecule has 1 aliphatic heterocycles. The van der Waals surface area contributed by atoms with E-state index in [9.17, 15) is 14.4 Å². The number of nitrogens with zero attached hydrogens (tertiary/aromatic N) is 1. The van der Waals surface area contributed by atoms with E-state index in [4.69, 9.17) is 5.73 Å². The lowest BCUT2D eigenvalue weighted by molar-refractivity contribution is -0.136. The number of urea groups is 1. The Kier molecular flexibility index (Phi) is 6.63. The highest BCUT2D eigenvalue weighted by molar-refractivity contribution is 6.09. The molecule has 1 unspecified atom stereocenters. The average Bonchev–Trinajstić information content (AvgIpc) is 2.96. The summed E-state index contributed by atoms with van der Waals surface area (Å²) in [6.45, 7) is -0.0787. The molecule has 1 heterocycles. The van der Waals surface area contributed by atoms with Crippen LogP contribution in [0, 0.1) is 0 Å². The van der Waals surface area contributed by atoms with Crippen molar-refractivity contribution in [2.24, 2.45) is 5.73 Å². The zero-order chi connectivity index (χ0) is 20.4. The number of nitrogens with two attached hydrogens (primary N) is 1. The molecule has 2 aromatic carbocycles. The lowest BCUT2D eigenvalue weighted by atomic mass is 9.82. The molecule has 4 amide bonds. The van der Waals surface area contributed by atoms with Crippen molar-refractivity contribution in [3.05, 3.63) is 48.0 Å². The van der Waals surface area contributed by atoms with E-state index >= 15 is 0 Å². The fraction of sp³-hybridized carbons (Fsp3) is 0.409. The Bertz CT molecular complexity index is 958. The Balaban J connectivity index is 0.00000256. The molecule has 0 bridgehead atoms. The quantitative estimate of drug-likeness (QED) is 0.634. The third-order valence-corrected chi connectivity index (χ3v) is 6.00. The van der Waals surface area contributed by atoms with Crippen molar-refractivity contribution in [1.29, 1.82) is 0 Å². The number of fused-ring (bicyclic) bond motifs is 1. The number of amides is 4. The lowest BCUT2D eigenvalue weighted by Gasteiger charge is -2.30. The normalized spacial score (nSPS) is 18.8. The van der Waals surface area contributed by atoms with Crippen LogP contribution < -0.4 is 16.4 Å². The number of carbonyl (C=O) groups is 3. The zero-order valence-electron chi connectivity index (χ0n) is 16.7. The largest absolute Gasteiger partial charge is 0.346 e. The van der Waals surface area contributed by atoms with Gasteiger partial charge in [0.2, 0.25) is 5.91 Å². The first-order valence-corrected chi connectivity index (χ1v) is 10.1. The van der Waals surface area contributed by atoms with Gasteiger partial charge in [-0.15, -0.1) is 12.4 Å². The predicted octanol–water partition coefficient (Wildman–Crippen LogP) is 2.63. The molecule has 4 rings (SSSR count). The first-order valence-electron chi connectivity index (χ1n) is 10.1. The number of rotatable bonds is 5. The molecular formula is C22H27ClN4O3. The number of nitrogens with one attached hydrogen (secondary N) is 2. The van der Waals surface area contributed by atoms with Crippen LogP contribution in [0.1, 0.15) is 43.7 Å². The van der Waals surface area contributed by atoms with Gasteiger partial charge in [0.05, 0.1) is 6.04 Å². The van der Waals surface area contributed by atoms with Crippen molar-refractivity contribution in [3.8, 4) is 0 Å². The maximum absolute atomic E-state index is 12.8. The summed E-state index contributed by atoms with van der Waals surface area (Å²) in [5.41, 5.74) is 5.97. The van der Waals surface area contributed by atoms with Crippen molar-refractivity contribution in [3.63, 3.8) is 0 Å². The molecule has 1 saturated carbocycles. The Morgan fingerprint density at radius 2 is 1.80 bits per heavy atom. The maximum atomic E-state index is 12.8. The second-order valence-electron chi connectivity index (χ2n) is 7.93. The van der Waals surface area contributed by atoms with Crippen LogP contribution in [0.3, 0.4) is 0 Å². The Morgan fingerprint density at radius 3 is 2.50 bits per heavy atom. The number of hydrogen-bond donors (Lipinski definition) is 3. The molecule has 2 fully saturated rings. The minimum absolute atomic E-state index is 0. The van der Waals surface area contributed by atoms with Gasteiger partial charge in [-0.25, -0.2) is 4.79 Å². The standard InChI is InChI=1S/C22H26N4O3.ClH/c23-13-18(17-9-8-15-6-2-3-7-16(15)12-17)24-19(27)14-26-20(28)22(25-21(26)29)10-4-1-5-11-22;/h2-3,6-9,12,18H,1,4-5,10-11,13-14,23H2,(H,24,27)(H,25,29);1H. The smallest absolute Gasteiger partial charge is 0.325 e. The van der Waals surface area contributed by atoms with Crippen LogP contribution in [0.4, 0.5) is 4.79 Å². The third-order valence-electron chi connectivity index (χ3n) is 6.00. The number of carbonyl (C=O) groups excluding carboxylic acids is 3. The number of hydrogen-bond acceptors (Lipinski definition) is 4. The van der Waals surface area contributed by atoms with Gasteiger partial charge in [0.25, 0.3) is 5.91 Å². The topological polar surface area (TPSA) is 105 Å². The summed E-state index contributed by atoms with van der Waals surface area (Å²) in [6.07, 6.45) is 4.15. The summed E-state index contributed by atoms with van der Waals surface area (Å²) < 4.78 is 0. The molecule has 1 atom stereocenters. The molecule has 0 radical (unpaired) electrons. The van der Waals surface area contributed by atoms with E-state index in [1.807, 2.05) is 42.5 Å². The fourth-order valence-electron chi connectivity index (χ4n) is 4.40. The highest BCUT2D eigenvalue weighted by Crippen LogP contribution is 2.33. The molecule has 30 heavy (non-hydrogen) atoms. The molecule has 4 N–H and O–H groups in total. The SMILES string of the molecule is Cl.NCC(NC(=O)CN1C(=O)NC2(CCCCC2)C1=O)c1ccc2ccccc2c1. The van der Waals surface area contributed by atoms with Crippen LogP contribution >= 0.6 is 12.4 Å². The molecule has 1 aliphatic carbocycles. The average molecular weight is 431 g/mol. The minimum Gasteiger partial charge on any atom is -0.346 e. The molecule has 7 nitrogen and oxygen atoms in total. The molecule has 0 aromatic heterocycles. The van der Waals surface area contributed by atoms with Gasteiger partial charge in [-0.3, -0.25) is 14.5 Å². The monoisotopic (exact) mass is 430 g/mol. The van der Waals surface area contributed by atoms with Gasteiger partial charge in [-0.1, -0.05) is 55.7 Å². The second kappa shape index (κ2) is 9.02. The molecule has 2 aliphatic rings. The Morgan fingerprint density at radius 1 is 1.10 bits per heavy atom. The summed E-state index contributed by atoms with van der Waals surface area (Å²) in [5.74, 6) is -0.683. The fourth-order valence-corrected chi connectivity index (χ4v) is 4.40. The predicted molar refractivity (Wildman–Crippen MR) is 117 cm³/mol. The van der Waals surface area contributed by atoms with Gasteiger partial charge in [-0.05, 0) is 35.2 Å². The Labute approximate surface area is 181 Å². The van der Waals surface area contributed by atoms with Gasteiger partial charge in [0, 0.05) is 6.54 Å². The maximum Gasteiger partial charge on any atom is 0.325 e. The van der Waals surface area contributed by atoms with Gasteiger partial charge in [0.15, 0.2) is 0 Å². The van der Waals surface area contributed by atoms with Gasteiger partial charge < -0.3 is 16.4 Å². The van der Waals surface area contributed by atoms with Crippen molar-refractivity contribution in [2.75, 3.05) is 13.1 Å². The molecule has 2 aromatic rings. The van der Waals surface area contributed by atoms with E-state index in [2.05, 4.69) is 10.6 Å². The Hall–Kier alpha value is -2.64. The summed E-state index contributed by atoms with van der Waals surface area (Å²) in [5, 5.41) is 7.86. The van der Waals surface area contributed by atoms with Gasteiger partial charge in [-0.2, -0.15) is 0 Å². The first kappa shape index (κ1) is 22.1. The first-order chi connectivity index (χ1) is 14.0. The number of halogens is 1. The summed E-state index contributed by atoms with van der Waals surface area (Å²) in [4.78, 5) is 38.9. The van der Waals surface area contributed by atoms with Crippen LogP contribution in [0.5, 0.6) is 0 Å². The van der Waals surface area contributed by atoms with E-state index in [1.165, 1.54) is 0 Å². The minimum atomic E-state index is -0.818. The molecule has 160 valence electrons. The number of imide groups is 1. The molecule has 8 heteroatoms. The van der Waals surface area contributed by atoms with Crippen LogP contribution in [-0.2, 0) is 9.59 Å². The molecule has 1 spiro atoms. The van der Waals surface area contributed by atoms with E-state index in [1.54, 1.807) is 0 Å².